The van der Waals surface area contributed by atoms with Crippen molar-refractivity contribution in [1.29, 1.82) is 5.26 Å². The van der Waals surface area contributed by atoms with Gasteiger partial charge < -0.3 is 9.67 Å². The standard InChI is InChI=1S/C22H15N3O2/c23-12-19-21-18(20(26)13-24-19)11-17(16-9-5-2-6-10-16)22(27)25(21)14-15-7-3-1-4-8-15/h1-11,13,26H,14H2. The molecule has 130 valence electrons. The van der Waals surface area contributed by atoms with Crippen molar-refractivity contribution < 1.29 is 5.11 Å². The smallest absolute Gasteiger partial charge is 0.259 e. The largest absolute Gasteiger partial charge is 0.506 e. The van der Waals surface area contributed by atoms with Gasteiger partial charge in [-0.3, -0.25) is 4.79 Å². The molecule has 0 bridgehead atoms. The van der Waals surface area contributed by atoms with Gasteiger partial charge in [-0.1, -0.05) is 60.7 Å². The molecule has 0 aliphatic carbocycles. The topological polar surface area (TPSA) is 78.9 Å². The van der Waals surface area contributed by atoms with Crippen LogP contribution in [0.3, 0.4) is 0 Å². The Labute approximate surface area is 155 Å². The van der Waals surface area contributed by atoms with E-state index in [0.29, 0.717) is 16.5 Å². The minimum atomic E-state index is -0.235. The van der Waals surface area contributed by atoms with Crippen LogP contribution in [0.1, 0.15) is 11.3 Å². The SMILES string of the molecule is N#Cc1ncc(O)c2cc(-c3ccccc3)c(=O)n(Cc3ccccc3)c12. The highest BCUT2D eigenvalue weighted by atomic mass is 16.3. The molecule has 4 rings (SSSR count). The average molecular weight is 353 g/mol. The van der Waals surface area contributed by atoms with Crippen LogP contribution >= 0.6 is 0 Å². The van der Waals surface area contributed by atoms with Crippen LogP contribution in [0, 0.1) is 11.3 Å². The lowest BCUT2D eigenvalue weighted by molar-refractivity contribution is 0.478. The maximum Gasteiger partial charge on any atom is 0.259 e. The molecule has 0 fully saturated rings. The minimum absolute atomic E-state index is 0.0667. The number of nitrogens with zero attached hydrogens (tertiary/aromatic N) is 3. The third kappa shape index (κ3) is 2.94. The van der Waals surface area contributed by atoms with E-state index < -0.39 is 0 Å². The van der Waals surface area contributed by atoms with E-state index in [4.69, 9.17) is 0 Å². The molecule has 2 heterocycles. The number of hydrogen-bond donors (Lipinski definition) is 1. The number of aromatic nitrogens is 2. The first-order valence-corrected chi connectivity index (χ1v) is 8.44. The van der Waals surface area contributed by atoms with Crippen molar-refractivity contribution in [3.8, 4) is 22.9 Å². The Morgan fingerprint density at radius 2 is 1.70 bits per heavy atom. The summed E-state index contributed by atoms with van der Waals surface area (Å²) < 4.78 is 1.51. The fourth-order valence-corrected chi connectivity index (χ4v) is 3.20. The summed E-state index contributed by atoms with van der Waals surface area (Å²) in [6.45, 7) is 0.274. The van der Waals surface area contributed by atoms with Crippen molar-refractivity contribution in [3.63, 3.8) is 0 Å². The highest BCUT2D eigenvalue weighted by Gasteiger charge is 2.17. The second-order valence-corrected chi connectivity index (χ2v) is 6.17. The first-order valence-electron chi connectivity index (χ1n) is 8.44. The molecule has 27 heavy (non-hydrogen) atoms. The third-order valence-electron chi connectivity index (χ3n) is 4.48. The van der Waals surface area contributed by atoms with E-state index in [-0.39, 0.29) is 23.5 Å². The van der Waals surface area contributed by atoms with Crippen molar-refractivity contribution in [2.45, 2.75) is 6.54 Å². The molecule has 0 spiro atoms. The van der Waals surface area contributed by atoms with E-state index in [9.17, 15) is 15.2 Å². The van der Waals surface area contributed by atoms with Gasteiger partial charge in [0.15, 0.2) is 5.69 Å². The molecule has 5 nitrogen and oxygen atoms in total. The Morgan fingerprint density at radius 1 is 1.04 bits per heavy atom. The van der Waals surface area contributed by atoms with Crippen LogP contribution in [0.5, 0.6) is 5.75 Å². The number of aromatic hydroxyl groups is 1. The molecule has 0 atom stereocenters. The second-order valence-electron chi connectivity index (χ2n) is 6.17. The van der Waals surface area contributed by atoms with Gasteiger partial charge in [-0.25, -0.2) is 4.98 Å². The van der Waals surface area contributed by atoms with Crippen molar-refractivity contribution in [3.05, 3.63) is 94.5 Å². The lowest BCUT2D eigenvalue weighted by atomic mass is 10.0. The summed E-state index contributed by atoms with van der Waals surface area (Å²) in [5.41, 5.74) is 2.34. The number of rotatable bonds is 3. The van der Waals surface area contributed by atoms with E-state index in [1.54, 1.807) is 6.07 Å². The summed E-state index contributed by atoms with van der Waals surface area (Å²) in [4.78, 5) is 17.3. The third-order valence-corrected chi connectivity index (χ3v) is 4.48. The maximum atomic E-state index is 13.3. The predicted molar refractivity (Wildman–Crippen MR) is 103 cm³/mol. The normalized spacial score (nSPS) is 10.6. The van der Waals surface area contributed by atoms with Gasteiger partial charge in [-0.2, -0.15) is 5.26 Å². The number of nitriles is 1. The van der Waals surface area contributed by atoms with E-state index in [1.807, 2.05) is 66.7 Å². The number of fused-ring (bicyclic) bond motifs is 1. The van der Waals surface area contributed by atoms with Crippen LogP contribution in [0.2, 0.25) is 0 Å². The molecule has 5 heteroatoms. The van der Waals surface area contributed by atoms with Gasteiger partial charge in [0.1, 0.15) is 11.8 Å². The van der Waals surface area contributed by atoms with Gasteiger partial charge in [0.2, 0.25) is 0 Å². The number of pyridine rings is 2. The number of benzene rings is 2. The van der Waals surface area contributed by atoms with E-state index in [1.165, 1.54) is 10.8 Å². The Morgan fingerprint density at radius 3 is 2.37 bits per heavy atom. The number of hydrogen-bond acceptors (Lipinski definition) is 4. The lowest BCUT2D eigenvalue weighted by Crippen LogP contribution is -2.23. The lowest BCUT2D eigenvalue weighted by Gasteiger charge is -2.15. The van der Waals surface area contributed by atoms with Crippen LogP contribution < -0.4 is 5.56 Å². The molecule has 0 radical (unpaired) electrons. The summed E-state index contributed by atoms with van der Waals surface area (Å²) in [5.74, 6) is -0.0667. The first-order chi connectivity index (χ1) is 13.2. The van der Waals surface area contributed by atoms with Crippen molar-refractivity contribution >= 4 is 10.9 Å². The maximum absolute atomic E-state index is 13.3. The molecule has 0 unspecified atom stereocenters. The van der Waals surface area contributed by atoms with Gasteiger partial charge in [-0.15, -0.1) is 0 Å². The molecular formula is C22H15N3O2. The zero-order valence-corrected chi connectivity index (χ0v) is 14.3. The Bertz CT molecular complexity index is 1220. The van der Waals surface area contributed by atoms with Gasteiger partial charge >= 0.3 is 0 Å². The van der Waals surface area contributed by atoms with Gasteiger partial charge in [-0.05, 0) is 17.2 Å². The molecule has 0 amide bonds. The van der Waals surface area contributed by atoms with Crippen molar-refractivity contribution in [2.75, 3.05) is 0 Å². The Kier molecular flexibility index (Phi) is 4.15. The van der Waals surface area contributed by atoms with Gasteiger partial charge in [0.25, 0.3) is 5.56 Å². The average Bonchev–Trinajstić information content (AvgIpc) is 2.72. The van der Waals surface area contributed by atoms with Crippen LogP contribution in [-0.2, 0) is 6.54 Å². The molecule has 0 aliphatic rings. The van der Waals surface area contributed by atoms with Crippen molar-refractivity contribution in [1.82, 2.24) is 9.55 Å². The Hall–Kier alpha value is -3.91. The van der Waals surface area contributed by atoms with Crippen LogP contribution in [0.15, 0.2) is 77.7 Å². The molecule has 1 N–H and O–H groups in total. The Balaban J connectivity index is 2.09. The van der Waals surface area contributed by atoms with E-state index in [2.05, 4.69) is 4.98 Å². The molecular weight excluding hydrogens is 338 g/mol. The molecule has 0 aliphatic heterocycles. The zero-order chi connectivity index (χ0) is 18.8. The fourth-order valence-electron chi connectivity index (χ4n) is 3.20. The summed E-state index contributed by atoms with van der Waals surface area (Å²) >= 11 is 0. The minimum Gasteiger partial charge on any atom is -0.506 e. The van der Waals surface area contributed by atoms with E-state index in [0.717, 1.165) is 11.1 Å². The monoisotopic (exact) mass is 353 g/mol. The van der Waals surface area contributed by atoms with Gasteiger partial charge in [0.05, 0.1) is 18.3 Å². The quantitative estimate of drug-likeness (QED) is 0.609. The summed E-state index contributed by atoms with van der Waals surface area (Å²) in [6.07, 6.45) is 1.24. The van der Waals surface area contributed by atoms with E-state index >= 15 is 0 Å². The van der Waals surface area contributed by atoms with Crippen LogP contribution in [0.25, 0.3) is 22.0 Å². The van der Waals surface area contributed by atoms with Crippen LogP contribution in [-0.4, -0.2) is 14.7 Å². The zero-order valence-electron chi connectivity index (χ0n) is 14.3. The van der Waals surface area contributed by atoms with Gasteiger partial charge in [0, 0.05) is 10.9 Å². The first kappa shape index (κ1) is 16.6. The predicted octanol–water partition coefficient (Wildman–Crippen LogP) is 3.69. The van der Waals surface area contributed by atoms with Crippen molar-refractivity contribution in [2.24, 2.45) is 0 Å². The molecule has 2 aromatic carbocycles. The van der Waals surface area contributed by atoms with Crippen LogP contribution in [0.4, 0.5) is 0 Å². The highest BCUT2D eigenvalue weighted by Crippen LogP contribution is 2.29. The summed E-state index contributed by atoms with van der Waals surface area (Å²) in [6, 6.07) is 22.5. The molecule has 0 saturated heterocycles. The summed E-state index contributed by atoms with van der Waals surface area (Å²) in [7, 11) is 0. The molecule has 0 saturated carbocycles. The summed E-state index contributed by atoms with van der Waals surface area (Å²) in [5, 5.41) is 20.3. The second kappa shape index (κ2) is 6.77. The molecule has 2 aromatic heterocycles. The molecule has 4 aromatic rings. The highest BCUT2D eigenvalue weighted by molar-refractivity contribution is 5.91. The fraction of sp³-hybridized carbons (Fsp3) is 0.0455.